The summed E-state index contributed by atoms with van der Waals surface area (Å²) in [6.07, 6.45) is 4.43. The standard InChI is InChI=1S/C23H27N3/c1-17(2)19-12-6-7-14-22(19)26-23-20(13-8-9-15-24-23)21(25-26)16-18-10-4-3-5-11-18/h3-7,10-12,14,17,24H,8-9,13,15-16H2,1-2H3. The summed E-state index contributed by atoms with van der Waals surface area (Å²) in [5.74, 6) is 1.66. The van der Waals surface area contributed by atoms with Gasteiger partial charge >= 0.3 is 0 Å². The average Bonchev–Trinajstić information content (AvgIpc) is 2.83. The molecule has 0 amide bonds. The van der Waals surface area contributed by atoms with Crippen molar-refractivity contribution in [1.82, 2.24) is 9.78 Å². The molecule has 3 aromatic rings. The minimum Gasteiger partial charge on any atom is -0.370 e. The van der Waals surface area contributed by atoms with Gasteiger partial charge in [0.1, 0.15) is 5.82 Å². The van der Waals surface area contributed by atoms with Gasteiger partial charge in [0.15, 0.2) is 0 Å². The second-order valence-electron chi connectivity index (χ2n) is 7.45. The molecule has 0 radical (unpaired) electrons. The third-order valence-electron chi connectivity index (χ3n) is 5.21. The van der Waals surface area contributed by atoms with Crippen LogP contribution in [0, 0.1) is 0 Å². The summed E-state index contributed by atoms with van der Waals surface area (Å²) in [6.45, 7) is 5.52. The smallest absolute Gasteiger partial charge is 0.133 e. The summed E-state index contributed by atoms with van der Waals surface area (Å²) in [5.41, 5.74) is 6.47. The fourth-order valence-corrected chi connectivity index (χ4v) is 3.85. The minimum atomic E-state index is 0.467. The van der Waals surface area contributed by atoms with Crippen molar-refractivity contribution in [3.8, 4) is 5.69 Å². The van der Waals surface area contributed by atoms with Gasteiger partial charge in [-0.05, 0) is 42.4 Å². The first-order chi connectivity index (χ1) is 12.7. The van der Waals surface area contributed by atoms with Crippen molar-refractivity contribution >= 4 is 5.82 Å². The van der Waals surface area contributed by atoms with Gasteiger partial charge in [0, 0.05) is 18.5 Å². The Balaban J connectivity index is 1.83. The van der Waals surface area contributed by atoms with Crippen LogP contribution >= 0.6 is 0 Å². The fourth-order valence-electron chi connectivity index (χ4n) is 3.85. The van der Waals surface area contributed by atoms with Gasteiger partial charge in [-0.2, -0.15) is 5.10 Å². The Hall–Kier alpha value is -2.55. The van der Waals surface area contributed by atoms with Crippen molar-refractivity contribution in [1.29, 1.82) is 0 Å². The molecule has 0 unspecified atom stereocenters. The van der Waals surface area contributed by atoms with Crippen LogP contribution in [0.1, 0.15) is 55.0 Å². The highest BCUT2D eigenvalue weighted by Gasteiger charge is 2.22. The molecule has 0 spiro atoms. The van der Waals surface area contributed by atoms with Gasteiger partial charge in [0.05, 0.1) is 11.4 Å². The number of aromatic nitrogens is 2. The average molecular weight is 345 g/mol. The third kappa shape index (κ3) is 3.26. The zero-order valence-electron chi connectivity index (χ0n) is 15.7. The fraction of sp³-hybridized carbons (Fsp3) is 0.348. The van der Waals surface area contributed by atoms with Crippen LogP contribution < -0.4 is 5.32 Å². The first-order valence-corrected chi connectivity index (χ1v) is 9.72. The summed E-state index contributed by atoms with van der Waals surface area (Å²) in [4.78, 5) is 0. The lowest BCUT2D eigenvalue weighted by atomic mass is 10.0. The lowest BCUT2D eigenvalue weighted by molar-refractivity contribution is 0.762. The van der Waals surface area contributed by atoms with Crippen LogP contribution in [-0.4, -0.2) is 16.3 Å². The number of nitrogens with one attached hydrogen (secondary N) is 1. The monoisotopic (exact) mass is 345 g/mol. The van der Waals surface area contributed by atoms with Gasteiger partial charge in [-0.3, -0.25) is 0 Å². The van der Waals surface area contributed by atoms with E-state index in [9.17, 15) is 0 Å². The minimum absolute atomic E-state index is 0.467. The molecule has 0 atom stereocenters. The Labute approximate surface area is 156 Å². The maximum Gasteiger partial charge on any atom is 0.133 e. The summed E-state index contributed by atoms with van der Waals surface area (Å²) in [7, 11) is 0. The van der Waals surface area contributed by atoms with Crippen LogP contribution in [0.4, 0.5) is 5.82 Å². The maximum atomic E-state index is 5.10. The normalized spacial score (nSPS) is 14.0. The van der Waals surface area contributed by atoms with E-state index >= 15 is 0 Å². The van der Waals surface area contributed by atoms with E-state index in [4.69, 9.17) is 5.10 Å². The predicted molar refractivity (Wildman–Crippen MR) is 108 cm³/mol. The summed E-state index contributed by atoms with van der Waals surface area (Å²) >= 11 is 0. The summed E-state index contributed by atoms with van der Waals surface area (Å²) in [6, 6.07) is 19.3. The number of benzene rings is 2. The molecule has 2 aromatic carbocycles. The molecule has 4 rings (SSSR count). The van der Waals surface area contributed by atoms with Crippen LogP contribution in [0.5, 0.6) is 0 Å². The number of nitrogens with zero attached hydrogens (tertiary/aromatic N) is 2. The van der Waals surface area contributed by atoms with E-state index < -0.39 is 0 Å². The Morgan fingerprint density at radius 1 is 1.00 bits per heavy atom. The molecule has 0 saturated heterocycles. The Morgan fingerprint density at radius 3 is 2.58 bits per heavy atom. The highest BCUT2D eigenvalue weighted by molar-refractivity contribution is 5.57. The van der Waals surface area contributed by atoms with Gasteiger partial charge in [-0.25, -0.2) is 4.68 Å². The molecular weight excluding hydrogens is 318 g/mol. The first-order valence-electron chi connectivity index (χ1n) is 9.72. The van der Waals surface area contributed by atoms with Gasteiger partial charge in [0.25, 0.3) is 0 Å². The van der Waals surface area contributed by atoms with E-state index in [1.54, 1.807) is 0 Å². The van der Waals surface area contributed by atoms with Crippen molar-refractivity contribution < 1.29 is 0 Å². The Morgan fingerprint density at radius 2 is 1.77 bits per heavy atom. The molecule has 0 saturated carbocycles. The molecule has 2 heterocycles. The Bertz CT molecular complexity index is 878. The Kier molecular flexibility index (Phi) is 4.79. The SMILES string of the molecule is CC(C)c1ccccc1-n1nc(Cc2ccccc2)c2c1NCCCC2. The highest BCUT2D eigenvalue weighted by atomic mass is 15.3. The quantitative estimate of drug-likeness (QED) is 0.692. The van der Waals surface area contributed by atoms with Crippen LogP contribution in [0.25, 0.3) is 5.69 Å². The van der Waals surface area contributed by atoms with Crippen molar-refractivity contribution in [3.63, 3.8) is 0 Å². The van der Waals surface area contributed by atoms with Gasteiger partial charge in [0.2, 0.25) is 0 Å². The highest BCUT2D eigenvalue weighted by Crippen LogP contribution is 2.32. The molecular formula is C23H27N3. The molecule has 3 heteroatoms. The van der Waals surface area contributed by atoms with Gasteiger partial charge in [-0.1, -0.05) is 62.4 Å². The molecule has 0 fully saturated rings. The van der Waals surface area contributed by atoms with Gasteiger partial charge in [-0.15, -0.1) is 0 Å². The number of hydrogen-bond donors (Lipinski definition) is 1. The zero-order chi connectivity index (χ0) is 17.9. The number of rotatable bonds is 4. The largest absolute Gasteiger partial charge is 0.370 e. The molecule has 26 heavy (non-hydrogen) atoms. The first kappa shape index (κ1) is 16.9. The van der Waals surface area contributed by atoms with Crippen molar-refractivity contribution in [3.05, 3.63) is 77.0 Å². The van der Waals surface area contributed by atoms with Crippen LogP contribution in [-0.2, 0) is 12.8 Å². The second-order valence-corrected chi connectivity index (χ2v) is 7.45. The van der Waals surface area contributed by atoms with E-state index in [-0.39, 0.29) is 0 Å². The van der Waals surface area contributed by atoms with E-state index in [0.717, 1.165) is 19.4 Å². The zero-order valence-corrected chi connectivity index (χ0v) is 15.7. The lowest BCUT2D eigenvalue weighted by Gasteiger charge is -2.15. The van der Waals surface area contributed by atoms with E-state index in [1.807, 2.05) is 0 Å². The van der Waals surface area contributed by atoms with Crippen LogP contribution in [0.2, 0.25) is 0 Å². The number of anilines is 1. The lowest BCUT2D eigenvalue weighted by Crippen LogP contribution is -2.09. The molecule has 3 nitrogen and oxygen atoms in total. The summed E-state index contributed by atoms with van der Waals surface area (Å²) < 4.78 is 2.16. The molecule has 134 valence electrons. The van der Waals surface area contributed by atoms with E-state index in [1.165, 1.54) is 46.7 Å². The molecule has 1 aliphatic rings. The number of hydrogen-bond acceptors (Lipinski definition) is 2. The molecule has 1 aliphatic heterocycles. The molecule has 1 aromatic heterocycles. The number of fused-ring (bicyclic) bond motifs is 1. The maximum absolute atomic E-state index is 5.10. The van der Waals surface area contributed by atoms with Crippen LogP contribution in [0.3, 0.4) is 0 Å². The van der Waals surface area contributed by atoms with Crippen molar-refractivity contribution in [2.45, 2.75) is 45.4 Å². The topological polar surface area (TPSA) is 29.9 Å². The third-order valence-corrected chi connectivity index (χ3v) is 5.21. The van der Waals surface area contributed by atoms with E-state index in [2.05, 4.69) is 78.4 Å². The molecule has 0 aliphatic carbocycles. The van der Waals surface area contributed by atoms with Crippen LogP contribution in [0.15, 0.2) is 54.6 Å². The summed E-state index contributed by atoms with van der Waals surface area (Å²) in [5, 5.41) is 8.76. The predicted octanol–water partition coefficient (Wildman–Crippen LogP) is 5.33. The van der Waals surface area contributed by atoms with Gasteiger partial charge < -0.3 is 5.32 Å². The van der Waals surface area contributed by atoms with Crippen molar-refractivity contribution in [2.75, 3.05) is 11.9 Å². The van der Waals surface area contributed by atoms with Crippen molar-refractivity contribution in [2.24, 2.45) is 0 Å². The number of para-hydroxylation sites is 1. The molecule has 0 bridgehead atoms. The molecule has 1 N–H and O–H groups in total. The second kappa shape index (κ2) is 7.36. The van der Waals surface area contributed by atoms with E-state index in [0.29, 0.717) is 5.92 Å².